The largest absolute Gasteiger partial charge is 0.481 e. The van der Waals surface area contributed by atoms with Crippen molar-refractivity contribution < 1.29 is 39.0 Å². The minimum Gasteiger partial charge on any atom is -0.481 e. The number of amides is 4. The SMILES string of the molecule is NC(=O)CC(NC(=O)C(Cc1ccccc1)NC(=O)C(N)CC(=O)O)C(=O)N1CCCC1C(=O)O. The molecule has 0 aromatic heterocycles. The number of benzene rings is 1. The third-order valence-corrected chi connectivity index (χ3v) is 5.49. The van der Waals surface area contributed by atoms with Crippen LogP contribution in [0.2, 0.25) is 0 Å². The summed E-state index contributed by atoms with van der Waals surface area (Å²) in [5.74, 6) is -5.94. The van der Waals surface area contributed by atoms with Crippen LogP contribution in [0.15, 0.2) is 30.3 Å². The average Bonchev–Trinajstić information content (AvgIpc) is 3.28. The number of carbonyl (C=O) groups excluding carboxylic acids is 4. The molecule has 1 fully saturated rings. The molecule has 8 N–H and O–H groups in total. The molecule has 35 heavy (non-hydrogen) atoms. The number of likely N-dealkylation sites (tertiary alicyclic amines) is 1. The Bertz CT molecular complexity index is 970. The van der Waals surface area contributed by atoms with Crippen LogP contribution in [0.4, 0.5) is 0 Å². The zero-order chi connectivity index (χ0) is 26.1. The van der Waals surface area contributed by atoms with Gasteiger partial charge in [0.05, 0.1) is 18.9 Å². The van der Waals surface area contributed by atoms with Crippen molar-refractivity contribution in [3.05, 3.63) is 35.9 Å². The highest BCUT2D eigenvalue weighted by Crippen LogP contribution is 2.19. The van der Waals surface area contributed by atoms with Gasteiger partial charge in [-0.1, -0.05) is 30.3 Å². The molecule has 1 aromatic carbocycles. The molecule has 4 unspecified atom stereocenters. The van der Waals surface area contributed by atoms with Gasteiger partial charge in [0.25, 0.3) is 0 Å². The van der Waals surface area contributed by atoms with Gasteiger partial charge in [0, 0.05) is 13.0 Å². The van der Waals surface area contributed by atoms with Gasteiger partial charge in [0.2, 0.25) is 23.6 Å². The topological polar surface area (TPSA) is 222 Å². The number of carbonyl (C=O) groups is 6. The standard InChI is InChI=1S/C22H29N5O8/c23-13(10-18(29)30)19(31)25-14(9-12-5-2-1-3-6-12)20(32)26-15(11-17(24)28)21(33)27-8-4-7-16(27)22(34)35/h1-3,5-6,13-16H,4,7-11,23H2,(H2,24,28)(H,25,31)(H,26,32)(H,29,30)(H,34,35). The zero-order valence-electron chi connectivity index (χ0n) is 18.9. The van der Waals surface area contributed by atoms with E-state index >= 15 is 0 Å². The maximum absolute atomic E-state index is 13.1. The third-order valence-electron chi connectivity index (χ3n) is 5.49. The number of hydrogen-bond acceptors (Lipinski definition) is 7. The maximum Gasteiger partial charge on any atom is 0.326 e. The Kier molecular flexibility index (Phi) is 9.70. The molecule has 0 bridgehead atoms. The normalized spacial score (nSPS) is 17.6. The van der Waals surface area contributed by atoms with Crippen molar-refractivity contribution in [2.24, 2.45) is 11.5 Å². The monoisotopic (exact) mass is 491 g/mol. The van der Waals surface area contributed by atoms with Crippen LogP contribution in [0, 0.1) is 0 Å². The van der Waals surface area contributed by atoms with Crippen LogP contribution in [0.25, 0.3) is 0 Å². The van der Waals surface area contributed by atoms with Crippen LogP contribution in [-0.2, 0) is 35.2 Å². The van der Waals surface area contributed by atoms with Gasteiger partial charge in [0.1, 0.15) is 18.1 Å². The van der Waals surface area contributed by atoms with E-state index in [2.05, 4.69) is 10.6 Å². The van der Waals surface area contributed by atoms with Crippen LogP contribution in [0.1, 0.15) is 31.2 Å². The fourth-order valence-corrected chi connectivity index (χ4v) is 3.78. The summed E-state index contributed by atoms with van der Waals surface area (Å²) in [6.07, 6.45) is -0.616. The van der Waals surface area contributed by atoms with Crippen molar-refractivity contribution in [2.75, 3.05) is 6.54 Å². The van der Waals surface area contributed by atoms with E-state index in [1.807, 2.05) is 0 Å². The number of carboxylic acid groups (broad SMARTS) is 2. The number of hydrogen-bond donors (Lipinski definition) is 6. The second-order valence-corrected chi connectivity index (χ2v) is 8.21. The van der Waals surface area contributed by atoms with Crippen LogP contribution in [-0.4, -0.2) is 81.4 Å². The number of aliphatic carboxylic acids is 2. The van der Waals surface area contributed by atoms with E-state index in [4.69, 9.17) is 16.6 Å². The van der Waals surface area contributed by atoms with Crippen LogP contribution >= 0.6 is 0 Å². The van der Waals surface area contributed by atoms with Gasteiger partial charge < -0.3 is 37.2 Å². The number of nitrogens with one attached hydrogen (secondary N) is 2. The Hall–Kier alpha value is -4.00. The summed E-state index contributed by atoms with van der Waals surface area (Å²) in [5, 5.41) is 23.0. The Balaban J connectivity index is 2.24. The van der Waals surface area contributed by atoms with Gasteiger partial charge in [0.15, 0.2) is 0 Å². The van der Waals surface area contributed by atoms with Crippen LogP contribution in [0.5, 0.6) is 0 Å². The van der Waals surface area contributed by atoms with Gasteiger partial charge in [-0.05, 0) is 18.4 Å². The molecule has 0 spiro atoms. The minimum atomic E-state index is -1.46. The first-order valence-electron chi connectivity index (χ1n) is 10.9. The summed E-state index contributed by atoms with van der Waals surface area (Å²) in [5.41, 5.74) is 11.5. The van der Waals surface area contributed by atoms with Crippen molar-refractivity contribution in [3.63, 3.8) is 0 Å². The first kappa shape index (κ1) is 27.2. The van der Waals surface area contributed by atoms with Gasteiger partial charge >= 0.3 is 11.9 Å². The van der Waals surface area contributed by atoms with Crippen molar-refractivity contribution in [3.8, 4) is 0 Å². The van der Waals surface area contributed by atoms with Crippen molar-refractivity contribution in [1.82, 2.24) is 15.5 Å². The molecule has 190 valence electrons. The molecule has 1 heterocycles. The van der Waals surface area contributed by atoms with E-state index in [0.29, 0.717) is 12.0 Å². The lowest BCUT2D eigenvalue weighted by atomic mass is 10.0. The average molecular weight is 492 g/mol. The summed E-state index contributed by atoms with van der Waals surface area (Å²) in [6, 6.07) is 3.30. The molecule has 1 saturated heterocycles. The molecule has 1 aliphatic rings. The highest BCUT2D eigenvalue weighted by atomic mass is 16.4. The molecule has 4 atom stereocenters. The fourth-order valence-electron chi connectivity index (χ4n) is 3.78. The molecule has 4 amide bonds. The highest BCUT2D eigenvalue weighted by molar-refractivity contribution is 5.96. The van der Waals surface area contributed by atoms with Gasteiger partial charge in [-0.3, -0.25) is 24.0 Å². The molecule has 1 aliphatic heterocycles. The molecular weight excluding hydrogens is 462 g/mol. The molecular formula is C22H29N5O8. The molecule has 13 nitrogen and oxygen atoms in total. The summed E-state index contributed by atoms with van der Waals surface area (Å²) >= 11 is 0. The van der Waals surface area contributed by atoms with E-state index in [9.17, 15) is 33.9 Å². The second kappa shape index (κ2) is 12.5. The first-order valence-corrected chi connectivity index (χ1v) is 10.9. The van der Waals surface area contributed by atoms with Gasteiger partial charge in [-0.2, -0.15) is 0 Å². The van der Waals surface area contributed by atoms with Crippen molar-refractivity contribution >= 4 is 35.6 Å². The lowest BCUT2D eigenvalue weighted by Gasteiger charge is -2.28. The number of carboxylic acids is 2. The molecule has 1 aromatic rings. The first-order chi connectivity index (χ1) is 16.5. The Morgan fingerprint density at radius 1 is 0.971 bits per heavy atom. The third kappa shape index (κ3) is 8.07. The highest BCUT2D eigenvalue weighted by Gasteiger charge is 2.39. The number of rotatable bonds is 12. The lowest BCUT2D eigenvalue weighted by molar-refractivity contribution is -0.149. The Labute approximate surface area is 200 Å². The molecule has 2 rings (SSSR count). The van der Waals surface area contributed by atoms with E-state index in [0.717, 1.165) is 4.90 Å². The number of nitrogens with zero attached hydrogens (tertiary/aromatic N) is 1. The molecule has 13 heteroatoms. The quantitative estimate of drug-likeness (QED) is 0.189. The second-order valence-electron chi connectivity index (χ2n) is 8.21. The van der Waals surface area contributed by atoms with Crippen LogP contribution in [0.3, 0.4) is 0 Å². The van der Waals surface area contributed by atoms with E-state index < -0.39 is 72.6 Å². The fraction of sp³-hybridized carbons (Fsp3) is 0.455. The summed E-state index contributed by atoms with van der Waals surface area (Å²) in [4.78, 5) is 73.6. The van der Waals surface area contributed by atoms with Gasteiger partial charge in [-0.15, -0.1) is 0 Å². The van der Waals surface area contributed by atoms with Gasteiger partial charge in [-0.25, -0.2) is 4.79 Å². The van der Waals surface area contributed by atoms with E-state index in [-0.39, 0.29) is 19.4 Å². The lowest BCUT2D eigenvalue weighted by Crippen LogP contribution is -2.58. The molecule has 0 saturated carbocycles. The minimum absolute atomic E-state index is 0.0306. The Morgan fingerprint density at radius 2 is 1.60 bits per heavy atom. The maximum atomic E-state index is 13.1. The number of nitrogens with two attached hydrogens (primary N) is 2. The van der Waals surface area contributed by atoms with Crippen molar-refractivity contribution in [1.29, 1.82) is 0 Å². The molecule has 0 aliphatic carbocycles. The smallest absolute Gasteiger partial charge is 0.326 e. The van der Waals surface area contributed by atoms with Crippen molar-refractivity contribution in [2.45, 2.75) is 56.3 Å². The summed E-state index contributed by atoms with van der Waals surface area (Å²) in [6.45, 7) is 0.134. The van der Waals surface area contributed by atoms with E-state index in [1.165, 1.54) is 0 Å². The Morgan fingerprint density at radius 3 is 2.17 bits per heavy atom. The van der Waals surface area contributed by atoms with E-state index in [1.54, 1.807) is 30.3 Å². The molecule has 0 radical (unpaired) electrons. The predicted octanol–water partition coefficient (Wildman–Crippen LogP) is -2.05. The number of primary amides is 1. The summed E-state index contributed by atoms with van der Waals surface area (Å²) in [7, 11) is 0. The zero-order valence-corrected chi connectivity index (χ0v) is 18.9. The summed E-state index contributed by atoms with van der Waals surface area (Å²) < 4.78 is 0. The van der Waals surface area contributed by atoms with Crippen LogP contribution < -0.4 is 22.1 Å². The predicted molar refractivity (Wildman–Crippen MR) is 120 cm³/mol.